The fourth-order valence-electron chi connectivity index (χ4n) is 2.49. The van der Waals surface area contributed by atoms with Gasteiger partial charge in [-0.3, -0.25) is 9.69 Å². The van der Waals surface area contributed by atoms with Gasteiger partial charge in [0.2, 0.25) is 0 Å². The highest BCUT2D eigenvalue weighted by Crippen LogP contribution is 2.22. The van der Waals surface area contributed by atoms with Gasteiger partial charge in [0.1, 0.15) is 5.78 Å². The van der Waals surface area contributed by atoms with Crippen LogP contribution in [0.25, 0.3) is 0 Å². The summed E-state index contributed by atoms with van der Waals surface area (Å²) >= 11 is 0. The van der Waals surface area contributed by atoms with Gasteiger partial charge in [0.25, 0.3) is 0 Å². The summed E-state index contributed by atoms with van der Waals surface area (Å²) in [5.74, 6) is 0.302. The quantitative estimate of drug-likeness (QED) is 0.698. The SMILES string of the molecule is COCC(C)N1CCCCC1CC(C)=O. The van der Waals surface area contributed by atoms with E-state index in [9.17, 15) is 4.79 Å². The number of piperidine rings is 1. The first-order valence-electron chi connectivity index (χ1n) is 5.89. The third-order valence-electron chi connectivity index (χ3n) is 3.17. The molecule has 0 bridgehead atoms. The second-order valence-electron chi connectivity index (χ2n) is 4.60. The van der Waals surface area contributed by atoms with E-state index in [1.807, 2.05) is 0 Å². The maximum atomic E-state index is 11.2. The standard InChI is InChI=1S/C12H23NO2/c1-10(9-15-3)13-7-5-4-6-12(13)8-11(2)14/h10,12H,4-9H2,1-3H3. The van der Waals surface area contributed by atoms with Crippen LogP contribution >= 0.6 is 0 Å². The number of ether oxygens (including phenoxy) is 1. The van der Waals surface area contributed by atoms with Crippen LogP contribution < -0.4 is 0 Å². The molecule has 0 aromatic heterocycles. The molecule has 0 spiro atoms. The zero-order valence-electron chi connectivity index (χ0n) is 10.2. The minimum atomic E-state index is 0.302. The highest BCUT2D eigenvalue weighted by molar-refractivity contribution is 5.76. The molecule has 0 aromatic rings. The third kappa shape index (κ3) is 3.92. The molecule has 1 rings (SSSR count). The van der Waals surface area contributed by atoms with E-state index in [1.165, 1.54) is 12.8 Å². The van der Waals surface area contributed by atoms with Gasteiger partial charge < -0.3 is 4.74 Å². The van der Waals surface area contributed by atoms with E-state index in [0.717, 1.165) is 19.6 Å². The van der Waals surface area contributed by atoms with Crippen LogP contribution in [0, 0.1) is 0 Å². The molecule has 15 heavy (non-hydrogen) atoms. The van der Waals surface area contributed by atoms with Gasteiger partial charge in [-0.15, -0.1) is 0 Å². The summed E-state index contributed by atoms with van der Waals surface area (Å²) < 4.78 is 5.18. The summed E-state index contributed by atoms with van der Waals surface area (Å²) in [4.78, 5) is 13.6. The number of methoxy groups -OCH3 is 1. The lowest BCUT2D eigenvalue weighted by Crippen LogP contribution is -2.47. The zero-order valence-corrected chi connectivity index (χ0v) is 10.2. The molecule has 0 aliphatic carbocycles. The van der Waals surface area contributed by atoms with Crippen LogP contribution in [0.4, 0.5) is 0 Å². The molecule has 88 valence electrons. The summed E-state index contributed by atoms with van der Waals surface area (Å²) in [5, 5.41) is 0. The molecule has 0 radical (unpaired) electrons. The lowest BCUT2D eigenvalue weighted by molar-refractivity contribution is -0.118. The Hall–Kier alpha value is -0.410. The minimum Gasteiger partial charge on any atom is -0.383 e. The Morgan fingerprint density at radius 1 is 1.53 bits per heavy atom. The first-order valence-corrected chi connectivity index (χ1v) is 5.89. The molecule has 1 aliphatic heterocycles. The topological polar surface area (TPSA) is 29.5 Å². The summed E-state index contributed by atoms with van der Waals surface area (Å²) in [6.07, 6.45) is 4.37. The lowest BCUT2D eigenvalue weighted by atomic mass is 9.96. The third-order valence-corrected chi connectivity index (χ3v) is 3.17. The van der Waals surface area contributed by atoms with E-state index in [0.29, 0.717) is 24.3 Å². The predicted molar refractivity (Wildman–Crippen MR) is 61.0 cm³/mol. The van der Waals surface area contributed by atoms with E-state index < -0.39 is 0 Å². The zero-order chi connectivity index (χ0) is 11.3. The van der Waals surface area contributed by atoms with Crippen molar-refractivity contribution in [2.45, 2.75) is 51.6 Å². The molecule has 3 heteroatoms. The second-order valence-corrected chi connectivity index (χ2v) is 4.60. The van der Waals surface area contributed by atoms with Gasteiger partial charge in [-0.05, 0) is 33.2 Å². The van der Waals surface area contributed by atoms with Gasteiger partial charge in [-0.1, -0.05) is 6.42 Å². The molecule has 0 amide bonds. The van der Waals surface area contributed by atoms with Crippen molar-refractivity contribution in [3.63, 3.8) is 0 Å². The first-order chi connectivity index (χ1) is 7.15. The van der Waals surface area contributed by atoms with Crippen molar-refractivity contribution in [1.82, 2.24) is 4.90 Å². The van der Waals surface area contributed by atoms with E-state index in [4.69, 9.17) is 4.74 Å². The maximum Gasteiger partial charge on any atom is 0.131 e. The Balaban J connectivity index is 2.52. The van der Waals surface area contributed by atoms with E-state index >= 15 is 0 Å². The van der Waals surface area contributed by atoms with Gasteiger partial charge in [-0.2, -0.15) is 0 Å². The van der Waals surface area contributed by atoms with Gasteiger partial charge in [-0.25, -0.2) is 0 Å². The van der Waals surface area contributed by atoms with Crippen LogP contribution in [0.15, 0.2) is 0 Å². The fourth-order valence-corrected chi connectivity index (χ4v) is 2.49. The van der Waals surface area contributed by atoms with Crippen molar-refractivity contribution in [2.24, 2.45) is 0 Å². The Bertz CT molecular complexity index is 206. The van der Waals surface area contributed by atoms with Crippen molar-refractivity contribution >= 4 is 5.78 Å². The summed E-state index contributed by atoms with van der Waals surface area (Å²) in [6.45, 7) is 5.74. The minimum absolute atomic E-state index is 0.302. The summed E-state index contributed by atoms with van der Waals surface area (Å²) in [6, 6.07) is 0.876. The van der Waals surface area contributed by atoms with Gasteiger partial charge in [0.15, 0.2) is 0 Å². The number of Topliss-reactive ketones (excluding diaryl/α,β-unsaturated/α-hetero) is 1. The van der Waals surface area contributed by atoms with Crippen molar-refractivity contribution in [1.29, 1.82) is 0 Å². The fraction of sp³-hybridized carbons (Fsp3) is 0.917. The molecular weight excluding hydrogens is 190 g/mol. The van der Waals surface area contributed by atoms with E-state index in [1.54, 1.807) is 14.0 Å². The van der Waals surface area contributed by atoms with Crippen LogP contribution in [-0.2, 0) is 9.53 Å². The second kappa shape index (κ2) is 6.23. The number of rotatable bonds is 5. The smallest absolute Gasteiger partial charge is 0.131 e. The van der Waals surface area contributed by atoms with Crippen LogP contribution in [0.1, 0.15) is 39.5 Å². The highest BCUT2D eigenvalue weighted by atomic mass is 16.5. The Kier molecular flexibility index (Phi) is 5.26. The average Bonchev–Trinajstić information content (AvgIpc) is 2.18. The number of carbonyl (C=O) groups excluding carboxylic acids is 1. The Morgan fingerprint density at radius 3 is 2.87 bits per heavy atom. The molecular formula is C12H23NO2. The first kappa shape index (κ1) is 12.7. The van der Waals surface area contributed by atoms with E-state index in [2.05, 4.69) is 11.8 Å². The van der Waals surface area contributed by atoms with Crippen LogP contribution in [0.2, 0.25) is 0 Å². The van der Waals surface area contributed by atoms with Gasteiger partial charge in [0.05, 0.1) is 6.61 Å². The molecule has 1 saturated heterocycles. The van der Waals surface area contributed by atoms with Crippen LogP contribution in [0.3, 0.4) is 0 Å². The van der Waals surface area contributed by atoms with Crippen molar-refractivity contribution in [3.05, 3.63) is 0 Å². The molecule has 3 nitrogen and oxygen atoms in total. The predicted octanol–water partition coefficient (Wildman–Crippen LogP) is 1.85. The molecule has 1 aliphatic rings. The largest absolute Gasteiger partial charge is 0.383 e. The molecule has 0 N–H and O–H groups in total. The normalized spacial score (nSPS) is 25.1. The Labute approximate surface area is 92.8 Å². The number of ketones is 1. The maximum absolute atomic E-state index is 11.2. The van der Waals surface area contributed by atoms with Gasteiger partial charge >= 0.3 is 0 Å². The number of likely N-dealkylation sites (tertiary alicyclic amines) is 1. The average molecular weight is 213 g/mol. The van der Waals surface area contributed by atoms with Crippen molar-refractivity contribution in [2.75, 3.05) is 20.3 Å². The monoisotopic (exact) mass is 213 g/mol. The molecule has 2 atom stereocenters. The van der Waals surface area contributed by atoms with Crippen molar-refractivity contribution in [3.8, 4) is 0 Å². The van der Waals surface area contributed by atoms with Crippen molar-refractivity contribution < 1.29 is 9.53 Å². The number of hydrogen-bond donors (Lipinski definition) is 0. The Morgan fingerprint density at radius 2 is 2.27 bits per heavy atom. The number of hydrogen-bond acceptors (Lipinski definition) is 3. The number of nitrogens with zero attached hydrogens (tertiary/aromatic N) is 1. The molecule has 2 unspecified atom stereocenters. The summed E-state index contributed by atoms with van der Waals surface area (Å²) in [5.41, 5.74) is 0. The number of carbonyl (C=O) groups is 1. The van der Waals surface area contributed by atoms with Gasteiger partial charge in [0, 0.05) is 25.6 Å². The highest BCUT2D eigenvalue weighted by Gasteiger charge is 2.26. The van der Waals surface area contributed by atoms with Crippen LogP contribution in [-0.4, -0.2) is 43.0 Å². The molecule has 1 fully saturated rings. The molecule has 0 aromatic carbocycles. The van der Waals surface area contributed by atoms with Crippen LogP contribution in [0.5, 0.6) is 0 Å². The lowest BCUT2D eigenvalue weighted by Gasteiger charge is -2.39. The molecule has 0 saturated carbocycles. The summed E-state index contributed by atoms with van der Waals surface area (Å²) in [7, 11) is 1.74. The molecule has 1 heterocycles. The van der Waals surface area contributed by atoms with E-state index in [-0.39, 0.29) is 0 Å².